The number of likely N-dealkylation sites (N-methyl/N-ethyl adjacent to an activating group) is 2. The molecule has 0 aliphatic heterocycles. The van der Waals surface area contributed by atoms with Gasteiger partial charge in [-0.3, -0.25) is 4.79 Å². The normalized spacial score (nSPS) is 11.2. The summed E-state index contributed by atoms with van der Waals surface area (Å²) in [4.78, 5) is 24.4. The number of hydrogen-bond donors (Lipinski definition) is 1. The summed E-state index contributed by atoms with van der Waals surface area (Å²) >= 11 is 0. The van der Waals surface area contributed by atoms with Gasteiger partial charge < -0.3 is 15.1 Å². The Kier molecular flexibility index (Phi) is 5.52. The van der Waals surface area contributed by atoms with Crippen molar-refractivity contribution >= 4 is 17.5 Å². The van der Waals surface area contributed by atoms with E-state index in [0.29, 0.717) is 6.54 Å². The topological polar surface area (TPSA) is 61.4 Å². The minimum Gasteiger partial charge on any atom is -0.370 e. The summed E-state index contributed by atoms with van der Waals surface area (Å²) in [6.45, 7) is 9.34. The molecule has 1 heterocycles. The van der Waals surface area contributed by atoms with Crippen molar-refractivity contribution in [3.05, 3.63) is 11.9 Å². The van der Waals surface area contributed by atoms with E-state index in [1.54, 1.807) is 19.0 Å². The molecule has 1 aromatic heterocycles. The van der Waals surface area contributed by atoms with Crippen LogP contribution in [0.25, 0.3) is 0 Å². The third-order valence-corrected chi connectivity index (χ3v) is 3.00. The number of rotatable bonds is 5. The lowest BCUT2D eigenvalue weighted by Crippen LogP contribution is -2.35. The van der Waals surface area contributed by atoms with Crippen LogP contribution in [-0.2, 0) is 10.2 Å². The molecule has 1 rings (SSSR count). The van der Waals surface area contributed by atoms with Gasteiger partial charge >= 0.3 is 0 Å². The van der Waals surface area contributed by atoms with Crippen molar-refractivity contribution in [1.29, 1.82) is 0 Å². The van der Waals surface area contributed by atoms with Crippen LogP contribution < -0.4 is 10.2 Å². The molecule has 0 bridgehead atoms. The lowest BCUT2D eigenvalue weighted by molar-refractivity contribution is -0.127. The standard InChI is InChI=1S/C15H27N5O/c1-8-16-11-9-12(18-14(17-11)15(2,3)4)20(7)10-13(21)19(5)6/h9H,8,10H2,1-7H3,(H,16,17,18). The van der Waals surface area contributed by atoms with Gasteiger partial charge in [0.25, 0.3) is 0 Å². The lowest BCUT2D eigenvalue weighted by Gasteiger charge is -2.24. The molecular weight excluding hydrogens is 266 g/mol. The second-order valence-electron chi connectivity index (χ2n) is 6.36. The fraction of sp³-hybridized carbons (Fsp3) is 0.667. The zero-order valence-corrected chi connectivity index (χ0v) is 14.2. The molecule has 0 fully saturated rings. The lowest BCUT2D eigenvalue weighted by atomic mass is 9.96. The van der Waals surface area contributed by atoms with Gasteiger partial charge in [-0.15, -0.1) is 0 Å². The molecule has 6 heteroatoms. The van der Waals surface area contributed by atoms with E-state index in [-0.39, 0.29) is 11.3 Å². The molecule has 1 amide bonds. The van der Waals surface area contributed by atoms with E-state index in [0.717, 1.165) is 24.0 Å². The first-order chi connectivity index (χ1) is 9.65. The number of carbonyl (C=O) groups is 1. The Labute approximate surface area is 127 Å². The number of nitrogens with zero attached hydrogens (tertiary/aromatic N) is 4. The van der Waals surface area contributed by atoms with E-state index >= 15 is 0 Å². The number of carbonyl (C=O) groups excluding carboxylic acids is 1. The maximum Gasteiger partial charge on any atom is 0.241 e. The molecule has 0 aromatic carbocycles. The van der Waals surface area contributed by atoms with Gasteiger partial charge in [-0.1, -0.05) is 20.8 Å². The summed E-state index contributed by atoms with van der Waals surface area (Å²) in [7, 11) is 5.37. The average Bonchev–Trinajstić information content (AvgIpc) is 2.37. The van der Waals surface area contributed by atoms with Crippen molar-refractivity contribution in [2.24, 2.45) is 0 Å². The van der Waals surface area contributed by atoms with E-state index in [4.69, 9.17) is 0 Å². The van der Waals surface area contributed by atoms with Crippen LogP contribution in [-0.4, -0.2) is 55.0 Å². The van der Waals surface area contributed by atoms with Crippen LogP contribution >= 0.6 is 0 Å². The molecule has 6 nitrogen and oxygen atoms in total. The summed E-state index contributed by atoms with van der Waals surface area (Å²) in [5.41, 5.74) is -0.146. The first-order valence-electron chi connectivity index (χ1n) is 7.20. The van der Waals surface area contributed by atoms with Crippen molar-refractivity contribution < 1.29 is 4.79 Å². The third kappa shape index (κ3) is 4.88. The van der Waals surface area contributed by atoms with Crippen molar-refractivity contribution in [2.45, 2.75) is 33.1 Å². The van der Waals surface area contributed by atoms with E-state index in [2.05, 4.69) is 36.1 Å². The van der Waals surface area contributed by atoms with Crippen molar-refractivity contribution in [2.75, 3.05) is 44.4 Å². The van der Waals surface area contributed by atoms with Crippen molar-refractivity contribution in [1.82, 2.24) is 14.9 Å². The maximum atomic E-state index is 11.8. The Hall–Kier alpha value is -1.85. The van der Waals surface area contributed by atoms with Crippen LogP contribution in [0, 0.1) is 0 Å². The third-order valence-electron chi connectivity index (χ3n) is 3.00. The molecule has 0 atom stereocenters. The minimum absolute atomic E-state index is 0.0402. The molecule has 0 radical (unpaired) electrons. The predicted molar refractivity (Wildman–Crippen MR) is 86.9 cm³/mol. The fourth-order valence-electron chi connectivity index (χ4n) is 1.66. The molecule has 0 aliphatic carbocycles. The first-order valence-corrected chi connectivity index (χ1v) is 7.20. The van der Waals surface area contributed by atoms with Crippen molar-refractivity contribution in [3.63, 3.8) is 0 Å². The van der Waals surface area contributed by atoms with E-state index in [9.17, 15) is 4.79 Å². The Balaban J connectivity index is 3.10. The van der Waals surface area contributed by atoms with Gasteiger partial charge in [-0.25, -0.2) is 9.97 Å². The number of amides is 1. The van der Waals surface area contributed by atoms with Gasteiger partial charge in [0.2, 0.25) is 5.91 Å². The Morgan fingerprint density at radius 2 is 1.86 bits per heavy atom. The van der Waals surface area contributed by atoms with Crippen LogP contribution in [0.15, 0.2) is 6.07 Å². The van der Waals surface area contributed by atoms with E-state index in [1.165, 1.54) is 0 Å². The highest BCUT2D eigenvalue weighted by atomic mass is 16.2. The highest BCUT2D eigenvalue weighted by molar-refractivity contribution is 5.80. The molecule has 1 aromatic rings. The van der Waals surface area contributed by atoms with Crippen LogP contribution in [0.1, 0.15) is 33.5 Å². The van der Waals surface area contributed by atoms with Gasteiger partial charge in [0, 0.05) is 39.2 Å². The van der Waals surface area contributed by atoms with Crippen LogP contribution in [0.2, 0.25) is 0 Å². The smallest absolute Gasteiger partial charge is 0.241 e. The molecule has 21 heavy (non-hydrogen) atoms. The summed E-state index contributed by atoms with van der Waals surface area (Å²) in [5.74, 6) is 2.34. The molecule has 0 aliphatic rings. The highest BCUT2D eigenvalue weighted by Crippen LogP contribution is 2.23. The Morgan fingerprint density at radius 3 is 2.33 bits per heavy atom. The highest BCUT2D eigenvalue weighted by Gasteiger charge is 2.20. The second-order valence-corrected chi connectivity index (χ2v) is 6.36. The monoisotopic (exact) mass is 293 g/mol. The summed E-state index contributed by atoms with van der Waals surface area (Å²) in [6.07, 6.45) is 0. The van der Waals surface area contributed by atoms with Gasteiger partial charge in [-0.2, -0.15) is 0 Å². The summed E-state index contributed by atoms with van der Waals surface area (Å²) in [6, 6.07) is 1.88. The first kappa shape index (κ1) is 17.2. The molecule has 0 saturated heterocycles. The van der Waals surface area contributed by atoms with Gasteiger partial charge in [0.1, 0.15) is 17.5 Å². The summed E-state index contributed by atoms with van der Waals surface area (Å²) < 4.78 is 0. The van der Waals surface area contributed by atoms with E-state index in [1.807, 2.05) is 24.9 Å². The predicted octanol–water partition coefficient (Wildman–Crippen LogP) is 1.73. The molecule has 0 saturated carbocycles. The van der Waals surface area contributed by atoms with Crippen LogP contribution in [0.4, 0.5) is 11.6 Å². The SMILES string of the molecule is CCNc1cc(N(C)CC(=O)N(C)C)nc(C(C)(C)C)n1. The van der Waals surface area contributed by atoms with Crippen molar-refractivity contribution in [3.8, 4) is 0 Å². The Bertz CT molecular complexity index is 493. The quantitative estimate of drug-likeness (QED) is 0.896. The molecular formula is C15H27N5O. The fourth-order valence-corrected chi connectivity index (χ4v) is 1.66. The Morgan fingerprint density at radius 1 is 1.24 bits per heavy atom. The largest absolute Gasteiger partial charge is 0.370 e. The second kappa shape index (κ2) is 6.74. The molecule has 118 valence electrons. The zero-order valence-electron chi connectivity index (χ0n) is 14.2. The number of aromatic nitrogens is 2. The molecule has 0 unspecified atom stereocenters. The number of hydrogen-bond acceptors (Lipinski definition) is 5. The summed E-state index contributed by atoms with van der Waals surface area (Å²) in [5, 5.41) is 3.22. The minimum atomic E-state index is -0.146. The zero-order chi connectivity index (χ0) is 16.2. The van der Waals surface area contributed by atoms with Gasteiger partial charge in [0.05, 0.1) is 6.54 Å². The van der Waals surface area contributed by atoms with E-state index < -0.39 is 0 Å². The molecule has 0 spiro atoms. The number of anilines is 2. The maximum absolute atomic E-state index is 11.8. The number of nitrogens with one attached hydrogen (secondary N) is 1. The van der Waals surface area contributed by atoms with Crippen LogP contribution in [0.3, 0.4) is 0 Å². The van der Waals surface area contributed by atoms with Gasteiger partial charge in [-0.05, 0) is 6.92 Å². The van der Waals surface area contributed by atoms with Gasteiger partial charge in [0.15, 0.2) is 0 Å². The average molecular weight is 293 g/mol. The van der Waals surface area contributed by atoms with Crippen LogP contribution in [0.5, 0.6) is 0 Å². The molecule has 1 N–H and O–H groups in total.